The normalized spacial score (nSPS) is 10.4. The third-order valence-corrected chi connectivity index (χ3v) is 1.93. The third kappa shape index (κ3) is 1.78. The summed E-state index contributed by atoms with van der Waals surface area (Å²) in [6.07, 6.45) is 0. The molecule has 3 N–H and O–H groups in total. The van der Waals surface area contributed by atoms with Crippen LogP contribution in [0.4, 0.5) is 5.95 Å². The molecule has 0 bridgehead atoms. The minimum atomic E-state index is 0.170. The first kappa shape index (κ1) is 9.23. The highest BCUT2D eigenvalue weighted by atomic mass is 35.5. The van der Waals surface area contributed by atoms with Crippen molar-refractivity contribution in [2.75, 3.05) is 5.73 Å². The van der Waals surface area contributed by atoms with Crippen LogP contribution in [0.2, 0.25) is 10.3 Å². The van der Waals surface area contributed by atoms with E-state index in [4.69, 9.17) is 28.9 Å². The Bertz CT molecular complexity index is 447. The first-order chi connectivity index (χ1) is 6.65. The van der Waals surface area contributed by atoms with Gasteiger partial charge in [0.25, 0.3) is 0 Å². The average molecular weight is 230 g/mol. The molecule has 0 aliphatic heterocycles. The maximum Gasteiger partial charge on any atom is 0.239 e. The molecule has 0 unspecified atom stereocenters. The molecule has 2 aromatic rings. The number of H-pyrrole nitrogens is 1. The lowest BCUT2D eigenvalue weighted by atomic mass is 10.2. The summed E-state index contributed by atoms with van der Waals surface area (Å²) in [6, 6.07) is 3.24. The number of nitrogens with one attached hydrogen (secondary N) is 1. The number of aromatic amines is 1. The van der Waals surface area contributed by atoms with Gasteiger partial charge < -0.3 is 5.73 Å². The lowest BCUT2D eigenvalue weighted by Crippen LogP contribution is -1.86. The van der Waals surface area contributed by atoms with Gasteiger partial charge in [-0.1, -0.05) is 23.2 Å². The predicted octanol–water partition coefficient (Wildman–Crippen LogP) is 1.76. The highest BCUT2D eigenvalue weighted by molar-refractivity contribution is 6.32. The van der Waals surface area contributed by atoms with Crippen LogP contribution in [0.5, 0.6) is 0 Å². The summed E-state index contributed by atoms with van der Waals surface area (Å²) in [5.41, 5.74) is 6.05. The van der Waals surface area contributed by atoms with E-state index in [0.717, 1.165) is 0 Å². The molecule has 0 aliphatic rings. The first-order valence-electron chi connectivity index (χ1n) is 3.66. The molecule has 0 saturated carbocycles. The maximum absolute atomic E-state index is 5.72. The highest BCUT2D eigenvalue weighted by Crippen LogP contribution is 2.21. The summed E-state index contributed by atoms with van der Waals surface area (Å²) in [7, 11) is 0. The number of anilines is 1. The number of pyridine rings is 1. The van der Waals surface area contributed by atoms with Gasteiger partial charge in [-0.05, 0) is 12.1 Å². The number of hydrogen-bond acceptors (Lipinski definition) is 4. The molecule has 2 rings (SSSR count). The first-order valence-corrected chi connectivity index (χ1v) is 4.42. The second-order valence-corrected chi connectivity index (χ2v) is 3.32. The minimum Gasteiger partial charge on any atom is -0.366 e. The Kier molecular flexibility index (Phi) is 2.26. The van der Waals surface area contributed by atoms with Gasteiger partial charge in [-0.2, -0.15) is 4.98 Å². The standard InChI is InChI=1S/C7H5Cl2N5/c8-4-1-3(2-5(9)11-4)6-12-7(10)14-13-6/h1-2H,(H3,10,12,13,14). The van der Waals surface area contributed by atoms with E-state index in [2.05, 4.69) is 20.2 Å². The van der Waals surface area contributed by atoms with Crippen molar-refractivity contribution in [3.05, 3.63) is 22.4 Å². The van der Waals surface area contributed by atoms with E-state index in [-0.39, 0.29) is 5.95 Å². The van der Waals surface area contributed by atoms with Crippen LogP contribution in [0.25, 0.3) is 11.4 Å². The van der Waals surface area contributed by atoms with E-state index in [9.17, 15) is 0 Å². The molecule has 0 fully saturated rings. The smallest absolute Gasteiger partial charge is 0.239 e. The molecule has 5 nitrogen and oxygen atoms in total. The summed E-state index contributed by atoms with van der Waals surface area (Å²) in [4.78, 5) is 7.73. The quantitative estimate of drug-likeness (QED) is 0.731. The van der Waals surface area contributed by atoms with E-state index in [1.807, 2.05) is 0 Å². The fraction of sp³-hybridized carbons (Fsp3) is 0. The largest absolute Gasteiger partial charge is 0.366 e. The number of halogens is 2. The molecule has 0 atom stereocenters. The van der Waals surface area contributed by atoms with E-state index in [0.29, 0.717) is 21.7 Å². The third-order valence-electron chi connectivity index (χ3n) is 1.54. The van der Waals surface area contributed by atoms with Gasteiger partial charge in [0.05, 0.1) is 0 Å². The van der Waals surface area contributed by atoms with Gasteiger partial charge in [-0.3, -0.25) is 5.10 Å². The summed E-state index contributed by atoms with van der Waals surface area (Å²) in [6.45, 7) is 0. The van der Waals surface area contributed by atoms with E-state index >= 15 is 0 Å². The molecule has 2 aromatic heterocycles. The summed E-state index contributed by atoms with van der Waals surface area (Å²) < 4.78 is 0. The zero-order chi connectivity index (χ0) is 10.1. The molecule has 2 heterocycles. The minimum absolute atomic E-state index is 0.170. The monoisotopic (exact) mass is 229 g/mol. The SMILES string of the molecule is Nc1n[nH]c(-c2cc(Cl)nc(Cl)c2)n1. The number of nitrogen functional groups attached to an aromatic ring is 1. The van der Waals surface area contributed by atoms with Crippen molar-refractivity contribution in [3.63, 3.8) is 0 Å². The van der Waals surface area contributed by atoms with Crippen LogP contribution in [-0.4, -0.2) is 20.2 Å². The molecule has 0 saturated heterocycles. The molecular weight excluding hydrogens is 225 g/mol. The fourth-order valence-corrected chi connectivity index (χ4v) is 1.47. The van der Waals surface area contributed by atoms with Gasteiger partial charge in [-0.15, -0.1) is 5.10 Å². The molecule has 0 radical (unpaired) electrons. The Morgan fingerprint density at radius 2 is 1.79 bits per heavy atom. The van der Waals surface area contributed by atoms with Crippen molar-refractivity contribution in [3.8, 4) is 11.4 Å². The molecule has 0 aliphatic carbocycles. The van der Waals surface area contributed by atoms with Gasteiger partial charge in [0, 0.05) is 5.56 Å². The van der Waals surface area contributed by atoms with E-state index in [1.54, 1.807) is 12.1 Å². The molecule has 0 spiro atoms. The summed E-state index contributed by atoms with van der Waals surface area (Å²) in [5.74, 6) is 0.678. The number of nitrogens with two attached hydrogens (primary N) is 1. The Labute approximate surface area is 89.3 Å². The van der Waals surface area contributed by atoms with E-state index in [1.165, 1.54) is 0 Å². The van der Waals surface area contributed by atoms with Crippen molar-refractivity contribution in [2.45, 2.75) is 0 Å². The highest BCUT2D eigenvalue weighted by Gasteiger charge is 2.06. The van der Waals surface area contributed by atoms with Crippen LogP contribution in [0, 0.1) is 0 Å². The summed E-state index contributed by atoms with van der Waals surface area (Å²) >= 11 is 11.4. The van der Waals surface area contributed by atoms with Crippen LogP contribution < -0.4 is 5.73 Å². The van der Waals surface area contributed by atoms with Crippen molar-refractivity contribution >= 4 is 29.2 Å². The van der Waals surface area contributed by atoms with Crippen LogP contribution in [0.15, 0.2) is 12.1 Å². The number of rotatable bonds is 1. The molecular formula is C7H5Cl2N5. The zero-order valence-electron chi connectivity index (χ0n) is 6.83. The molecule has 72 valence electrons. The second kappa shape index (κ2) is 3.43. The molecule has 0 amide bonds. The predicted molar refractivity (Wildman–Crippen MR) is 54.0 cm³/mol. The van der Waals surface area contributed by atoms with Gasteiger partial charge in [0.2, 0.25) is 5.95 Å². The van der Waals surface area contributed by atoms with E-state index < -0.39 is 0 Å². The number of aromatic nitrogens is 4. The Balaban J connectivity index is 2.51. The second-order valence-electron chi connectivity index (χ2n) is 2.54. The molecule has 14 heavy (non-hydrogen) atoms. The van der Waals surface area contributed by atoms with Crippen molar-refractivity contribution in [1.29, 1.82) is 0 Å². The number of nitrogens with zero attached hydrogens (tertiary/aromatic N) is 3. The van der Waals surface area contributed by atoms with Crippen molar-refractivity contribution in [2.24, 2.45) is 0 Å². The van der Waals surface area contributed by atoms with Crippen LogP contribution >= 0.6 is 23.2 Å². The lowest BCUT2D eigenvalue weighted by Gasteiger charge is -1.97. The van der Waals surface area contributed by atoms with Crippen molar-refractivity contribution < 1.29 is 0 Å². The number of hydrogen-bond donors (Lipinski definition) is 2. The van der Waals surface area contributed by atoms with Crippen molar-refractivity contribution in [1.82, 2.24) is 20.2 Å². The maximum atomic E-state index is 5.72. The fourth-order valence-electron chi connectivity index (χ4n) is 1.01. The van der Waals surface area contributed by atoms with Crippen LogP contribution in [0.1, 0.15) is 0 Å². The Morgan fingerprint density at radius 3 is 2.29 bits per heavy atom. The van der Waals surface area contributed by atoms with Gasteiger partial charge in [0.1, 0.15) is 10.3 Å². The van der Waals surface area contributed by atoms with Gasteiger partial charge >= 0.3 is 0 Å². The lowest BCUT2D eigenvalue weighted by molar-refractivity contribution is 1.10. The summed E-state index contributed by atoms with van der Waals surface area (Å²) in [5, 5.41) is 6.92. The molecule has 7 heteroatoms. The van der Waals surface area contributed by atoms with Gasteiger partial charge in [0.15, 0.2) is 5.82 Å². The Hall–Kier alpha value is -1.33. The van der Waals surface area contributed by atoms with Gasteiger partial charge in [-0.25, -0.2) is 4.98 Å². The zero-order valence-corrected chi connectivity index (χ0v) is 8.34. The Morgan fingerprint density at radius 1 is 1.14 bits per heavy atom. The topological polar surface area (TPSA) is 80.5 Å². The van der Waals surface area contributed by atoms with Crippen LogP contribution in [0.3, 0.4) is 0 Å². The average Bonchev–Trinajstić information content (AvgIpc) is 2.50. The molecule has 0 aromatic carbocycles. The van der Waals surface area contributed by atoms with Crippen LogP contribution in [-0.2, 0) is 0 Å².